The molecule has 13 heavy (non-hydrogen) atoms. The molecule has 0 aromatic carbocycles. The van der Waals surface area contributed by atoms with Gasteiger partial charge < -0.3 is 5.32 Å². The Morgan fingerprint density at radius 1 is 1.46 bits per heavy atom. The van der Waals surface area contributed by atoms with Gasteiger partial charge in [0.15, 0.2) is 0 Å². The molecule has 1 aromatic heterocycles. The fraction of sp³-hybridized carbons (Fsp3) is 0.545. The molecule has 0 saturated heterocycles. The van der Waals surface area contributed by atoms with E-state index in [9.17, 15) is 0 Å². The zero-order chi connectivity index (χ0) is 9.10. The molecule has 0 radical (unpaired) electrons. The summed E-state index contributed by atoms with van der Waals surface area (Å²) in [7, 11) is 0. The first-order chi connectivity index (χ1) is 6.40. The molecule has 1 aliphatic rings. The van der Waals surface area contributed by atoms with E-state index in [1.165, 1.54) is 18.4 Å². The Morgan fingerprint density at radius 2 is 2.15 bits per heavy atom. The quantitative estimate of drug-likeness (QED) is 0.761. The molecule has 0 amide bonds. The van der Waals surface area contributed by atoms with Gasteiger partial charge in [-0.25, -0.2) is 0 Å². The molecule has 1 heterocycles. The maximum Gasteiger partial charge on any atom is 0.0321 e. The van der Waals surface area contributed by atoms with Crippen LogP contribution < -0.4 is 5.32 Å². The van der Waals surface area contributed by atoms with Crippen molar-refractivity contribution in [3.8, 4) is 0 Å². The third kappa shape index (κ3) is 2.28. The Balaban J connectivity index is 2.02. The van der Waals surface area contributed by atoms with E-state index in [0.29, 0.717) is 6.04 Å². The van der Waals surface area contributed by atoms with Crippen molar-refractivity contribution in [2.24, 2.45) is 0 Å². The highest BCUT2D eigenvalue weighted by Gasteiger charge is 2.24. The normalized spacial score (nSPS) is 18.5. The predicted molar refractivity (Wildman–Crippen MR) is 53.4 cm³/mol. The molecule has 2 heteroatoms. The molecule has 1 N–H and O–H groups in total. The van der Waals surface area contributed by atoms with Crippen molar-refractivity contribution in [1.29, 1.82) is 0 Å². The predicted octanol–water partition coefficient (Wildman–Crippen LogP) is 2.28. The summed E-state index contributed by atoms with van der Waals surface area (Å²) in [4.78, 5) is 4.03. The number of hydrogen-bond donors (Lipinski definition) is 1. The summed E-state index contributed by atoms with van der Waals surface area (Å²) in [6.45, 7) is 2.22. The number of pyridine rings is 1. The third-order valence-corrected chi connectivity index (χ3v) is 2.53. The van der Waals surface area contributed by atoms with Crippen LogP contribution >= 0.6 is 0 Å². The van der Waals surface area contributed by atoms with Gasteiger partial charge >= 0.3 is 0 Å². The summed E-state index contributed by atoms with van der Waals surface area (Å²) in [6.07, 6.45) is 7.59. The topological polar surface area (TPSA) is 24.9 Å². The van der Waals surface area contributed by atoms with E-state index >= 15 is 0 Å². The lowest BCUT2D eigenvalue weighted by atomic mass is 10.1. The summed E-state index contributed by atoms with van der Waals surface area (Å²) in [5.74, 6) is 0. The van der Waals surface area contributed by atoms with Gasteiger partial charge in [-0.3, -0.25) is 4.98 Å². The van der Waals surface area contributed by atoms with Crippen LogP contribution in [0, 0.1) is 0 Å². The highest BCUT2D eigenvalue weighted by Crippen LogP contribution is 2.25. The van der Waals surface area contributed by atoms with E-state index in [0.717, 1.165) is 12.5 Å². The van der Waals surface area contributed by atoms with Crippen molar-refractivity contribution in [2.75, 3.05) is 0 Å². The first-order valence-corrected chi connectivity index (χ1v) is 5.06. The van der Waals surface area contributed by atoms with Crippen LogP contribution in [0.4, 0.5) is 0 Å². The van der Waals surface area contributed by atoms with Crippen molar-refractivity contribution in [3.63, 3.8) is 0 Å². The molecule has 2 rings (SSSR count). The summed E-state index contributed by atoms with van der Waals surface area (Å²) in [6, 6.07) is 5.50. The molecule has 0 aliphatic heterocycles. The smallest absolute Gasteiger partial charge is 0.0321 e. The minimum Gasteiger partial charge on any atom is -0.307 e. The van der Waals surface area contributed by atoms with Gasteiger partial charge in [0.05, 0.1) is 0 Å². The van der Waals surface area contributed by atoms with Gasteiger partial charge in [-0.05, 0) is 37.0 Å². The SMILES string of the molecule is CCC(NC1CC1)c1ccncc1. The van der Waals surface area contributed by atoms with Crippen molar-refractivity contribution < 1.29 is 0 Å². The van der Waals surface area contributed by atoms with Crippen LogP contribution in [0.2, 0.25) is 0 Å². The zero-order valence-electron chi connectivity index (χ0n) is 8.03. The number of rotatable bonds is 4. The van der Waals surface area contributed by atoms with Gasteiger partial charge in [0.2, 0.25) is 0 Å². The van der Waals surface area contributed by atoms with Crippen LogP contribution in [0.1, 0.15) is 37.8 Å². The van der Waals surface area contributed by atoms with Crippen LogP contribution in [-0.4, -0.2) is 11.0 Å². The highest BCUT2D eigenvalue weighted by molar-refractivity contribution is 5.15. The Bertz CT molecular complexity index is 254. The molecule has 1 fully saturated rings. The largest absolute Gasteiger partial charge is 0.307 e. The lowest BCUT2D eigenvalue weighted by Gasteiger charge is -2.16. The average molecular weight is 176 g/mol. The summed E-state index contributed by atoms with van der Waals surface area (Å²) in [5, 5.41) is 3.63. The van der Waals surface area contributed by atoms with Gasteiger partial charge in [-0.2, -0.15) is 0 Å². The average Bonchev–Trinajstić information content (AvgIpc) is 2.99. The molecule has 1 atom stereocenters. The number of hydrogen-bond acceptors (Lipinski definition) is 2. The van der Waals surface area contributed by atoms with Crippen molar-refractivity contribution in [3.05, 3.63) is 30.1 Å². The van der Waals surface area contributed by atoms with E-state index in [1.807, 2.05) is 12.4 Å². The van der Waals surface area contributed by atoms with Crippen LogP contribution in [-0.2, 0) is 0 Å². The first kappa shape index (κ1) is 8.70. The van der Waals surface area contributed by atoms with E-state index in [1.54, 1.807) is 0 Å². The molecule has 2 nitrogen and oxygen atoms in total. The Labute approximate surface area is 79.4 Å². The molecule has 1 aliphatic carbocycles. The zero-order valence-corrected chi connectivity index (χ0v) is 8.03. The number of aromatic nitrogens is 1. The lowest BCUT2D eigenvalue weighted by molar-refractivity contribution is 0.516. The van der Waals surface area contributed by atoms with Crippen LogP contribution in [0.5, 0.6) is 0 Å². The molecule has 1 unspecified atom stereocenters. The van der Waals surface area contributed by atoms with E-state index in [4.69, 9.17) is 0 Å². The van der Waals surface area contributed by atoms with E-state index < -0.39 is 0 Å². The summed E-state index contributed by atoms with van der Waals surface area (Å²) in [5.41, 5.74) is 1.37. The second kappa shape index (κ2) is 3.88. The number of nitrogens with zero attached hydrogens (tertiary/aromatic N) is 1. The molecular formula is C11H16N2. The van der Waals surface area contributed by atoms with Crippen molar-refractivity contribution >= 4 is 0 Å². The van der Waals surface area contributed by atoms with Gasteiger partial charge in [0.1, 0.15) is 0 Å². The van der Waals surface area contributed by atoms with Crippen LogP contribution in [0.15, 0.2) is 24.5 Å². The van der Waals surface area contributed by atoms with Crippen LogP contribution in [0.25, 0.3) is 0 Å². The second-order valence-electron chi connectivity index (χ2n) is 3.68. The maximum atomic E-state index is 4.03. The highest BCUT2D eigenvalue weighted by atomic mass is 15.0. The molecule has 1 aromatic rings. The fourth-order valence-electron chi connectivity index (χ4n) is 1.58. The molecular weight excluding hydrogens is 160 g/mol. The van der Waals surface area contributed by atoms with Gasteiger partial charge in [0, 0.05) is 24.5 Å². The van der Waals surface area contributed by atoms with E-state index in [2.05, 4.69) is 29.4 Å². The monoisotopic (exact) mass is 176 g/mol. The van der Waals surface area contributed by atoms with Crippen LogP contribution in [0.3, 0.4) is 0 Å². The Kier molecular flexibility index (Phi) is 2.60. The standard InChI is InChI=1S/C11H16N2/c1-2-11(13-10-3-4-10)9-5-7-12-8-6-9/h5-8,10-11,13H,2-4H2,1H3. The first-order valence-electron chi connectivity index (χ1n) is 5.06. The maximum absolute atomic E-state index is 4.03. The van der Waals surface area contributed by atoms with Gasteiger partial charge in [-0.1, -0.05) is 6.92 Å². The lowest BCUT2D eigenvalue weighted by Crippen LogP contribution is -2.22. The molecule has 1 saturated carbocycles. The molecule has 0 bridgehead atoms. The van der Waals surface area contributed by atoms with Gasteiger partial charge in [-0.15, -0.1) is 0 Å². The van der Waals surface area contributed by atoms with Crippen molar-refractivity contribution in [1.82, 2.24) is 10.3 Å². The molecule has 70 valence electrons. The third-order valence-electron chi connectivity index (χ3n) is 2.53. The molecule has 0 spiro atoms. The van der Waals surface area contributed by atoms with Crippen molar-refractivity contribution in [2.45, 2.75) is 38.3 Å². The van der Waals surface area contributed by atoms with Gasteiger partial charge in [0.25, 0.3) is 0 Å². The number of nitrogens with one attached hydrogen (secondary N) is 1. The summed E-state index contributed by atoms with van der Waals surface area (Å²) >= 11 is 0. The Morgan fingerprint density at radius 3 is 2.69 bits per heavy atom. The minimum atomic E-state index is 0.524. The van der Waals surface area contributed by atoms with E-state index in [-0.39, 0.29) is 0 Å². The Hall–Kier alpha value is -0.890. The minimum absolute atomic E-state index is 0.524. The second-order valence-corrected chi connectivity index (χ2v) is 3.68. The summed E-state index contributed by atoms with van der Waals surface area (Å²) < 4.78 is 0. The fourth-order valence-corrected chi connectivity index (χ4v) is 1.58.